The van der Waals surface area contributed by atoms with E-state index in [0.29, 0.717) is 11.3 Å². The molecule has 0 aromatic heterocycles. The summed E-state index contributed by atoms with van der Waals surface area (Å²) < 4.78 is 39.4. The minimum atomic E-state index is -3.05. The second-order valence-electron chi connectivity index (χ2n) is 5.87. The number of carbonyl (C=O) groups is 3. The lowest BCUT2D eigenvalue weighted by Crippen LogP contribution is -2.31. The lowest BCUT2D eigenvalue weighted by molar-refractivity contribution is -0.155. The number of anilines is 1. The molecule has 0 spiro atoms. The summed E-state index contributed by atoms with van der Waals surface area (Å²) in [4.78, 5) is 35.2. The average molecular weight is 407 g/mol. The fourth-order valence-corrected chi connectivity index (χ4v) is 2.22. The number of rotatable bonds is 9. The third-order valence-corrected chi connectivity index (χ3v) is 3.66. The molecule has 2 aromatic rings. The first kappa shape index (κ1) is 21.8. The number of halogens is 2. The Kier molecular flexibility index (Phi) is 7.64. The van der Waals surface area contributed by atoms with Crippen molar-refractivity contribution in [1.82, 2.24) is 0 Å². The predicted octanol–water partition coefficient (Wildman–Crippen LogP) is 3.44. The van der Waals surface area contributed by atoms with E-state index in [1.54, 1.807) is 12.1 Å². The molecule has 154 valence electrons. The monoisotopic (exact) mass is 407 g/mol. The fraction of sp³-hybridized carbons (Fsp3) is 0.250. The highest BCUT2D eigenvalue weighted by atomic mass is 19.3. The zero-order valence-electron chi connectivity index (χ0n) is 15.7. The predicted molar refractivity (Wildman–Crippen MR) is 99.2 cm³/mol. The number of esters is 1. The van der Waals surface area contributed by atoms with Gasteiger partial charge in [-0.15, -0.1) is 0 Å². The molecular formula is C20H19F2NO6. The number of nitrogens with one attached hydrogen (secondary N) is 1. The molecule has 29 heavy (non-hydrogen) atoms. The molecule has 0 aliphatic carbocycles. The van der Waals surface area contributed by atoms with Crippen molar-refractivity contribution in [1.29, 1.82) is 0 Å². The molecule has 9 heteroatoms. The van der Waals surface area contributed by atoms with E-state index >= 15 is 0 Å². The van der Waals surface area contributed by atoms with Crippen LogP contribution in [0.5, 0.6) is 11.5 Å². The van der Waals surface area contributed by atoms with Gasteiger partial charge >= 0.3 is 12.6 Å². The molecule has 0 saturated carbocycles. The van der Waals surface area contributed by atoms with Crippen LogP contribution in [0.15, 0.2) is 48.5 Å². The van der Waals surface area contributed by atoms with E-state index in [1.165, 1.54) is 50.2 Å². The molecule has 0 heterocycles. The molecule has 0 unspecified atom stereocenters. The zero-order chi connectivity index (χ0) is 21.4. The summed E-state index contributed by atoms with van der Waals surface area (Å²) in [5, 5.41) is 2.36. The molecule has 1 atom stereocenters. The summed E-state index contributed by atoms with van der Waals surface area (Å²) in [6.07, 6.45) is -1.20. The van der Waals surface area contributed by atoms with Crippen LogP contribution in [0.2, 0.25) is 0 Å². The fourth-order valence-electron chi connectivity index (χ4n) is 2.22. The van der Waals surface area contributed by atoms with Gasteiger partial charge in [0, 0.05) is 5.56 Å². The van der Waals surface area contributed by atoms with Crippen molar-refractivity contribution >= 4 is 23.3 Å². The van der Waals surface area contributed by atoms with Gasteiger partial charge in [-0.05, 0) is 50.2 Å². The normalized spacial score (nSPS) is 11.5. The number of amides is 1. The molecule has 2 rings (SSSR count). The van der Waals surface area contributed by atoms with Gasteiger partial charge in [-0.25, -0.2) is 4.79 Å². The first-order valence-electron chi connectivity index (χ1n) is 8.54. The highest BCUT2D eigenvalue weighted by molar-refractivity contribution is 5.96. The Labute approximate surface area is 165 Å². The van der Waals surface area contributed by atoms with Crippen LogP contribution in [0, 0.1) is 0 Å². The summed E-state index contributed by atoms with van der Waals surface area (Å²) in [6.45, 7) is -0.754. The average Bonchev–Trinajstić information content (AvgIpc) is 2.67. The quantitative estimate of drug-likeness (QED) is 0.506. The van der Waals surface area contributed by atoms with Crippen molar-refractivity contribution in [2.24, 2.45) is 0 Å². The Bertz CT molecular complexity index is 870. The Morgan fingerprint density at radius 2 is 1.69 bits per heavy atom. The van der Waals surface area contributed by atoms with Crippen LogP contribution in [0.1, 0.15) is 24.2 Å². The third kappa shape index (κ3) is 6.87. The second-order valence-corrected chi connectivity index (χ2v) is 5.87. The number of hydrogen-bond acceptors (Lipinski definition) is 6. The SMILES string of the molecule is CC(=O)c1ccc(OCC(=O)O[C@@H](C)C(=O)Nc2ccccc2OC(F)F)cc1. The van der Waals surface area contributed by atoms with Gasteiger partial charge in [0.15, 0.2) is 18.5 Å². The van der Waals surface area contributed by atoms with Crippen LogP contribution >= 0.6 is 0 Å². The van der Waals surface area contributed by atoms with Gasteiger partial charge in [0.1, 0.15) is 11.5 Å². The molecule has 0 saturated heterocycles. The topological polar surface area (TPSA) is 90.9 Å². The Hall–Kier alpha value is -3.49. The van der Waals surface area contributed by atoms with Gasteiger partial charge < -0.3 is 19.5 Å². The second kappa shape index (κ2) is 10.2. The number of alkyl halides is 2. The number of ether oxygens (including phenoxy) is 3. The minimum absolute atomic E-state index is 0.0162. The maximum atomic E-state index is 12.4. The number of carbonyl (C=O) groups excluding carboxylic acids is 3. The number of Topliss-reactive ketones (excluding diaryl/α,β-unsaturated/α-hetero) is 1. The van der Waals surface area contributed by atoms with Crippen LogP contribution < -0.4 is 14.8 Å². The molecule has 0 radical (unpaired) electrons. The van der Waals surface area contributed by atoms with Crippen LogP contribution in [-0.4, -0.2) is 37.0 Å². The van der Waals surface area contributed by atoms with E-state index in [1.807, 2.05) is 0 Å². The van der Waals surface area contributed by atoms with Crippen LogP contribution in [0.3, 0.4) is 0 Å². The first-order valence-corrected chi connectivity index (χ1v) is 8.54. The molecule has 0 aliphatic rings. The van der Waals surface area contributed by atoms with Gasteiger partial charge in [-0.2, -0.15) is 8.78 Å². The van der Waals surface area contributed by atoms with E-state index in [9.17, 15) is 23.2 Å². The molecule has 1 amide bonds. The first-order chi connectivity index (χ1) is 13.8. The van der Waals surface area contributed by atoms with Crippen LogP contribution in [0.4, 0.5) is 14.5 Å². The summed E-state index contributed by atoms with van der Waals surface area (Å²) in [7, 11) is 0. The van der Waals surface area contributed by atoms with Crippen LogP contribution in [0.25, 0.3) is 0 Å². The van der Waals surface area contributed by atoms with Gasteiger partial charge in [0.05, 0.1) is 5.69 Å². The van der Waals surface area contributed by atoms with E-state index < -0.39 is 31.2 Å². The minimum Gasteiger partial charge on any atom is -0.482 e. The zero-order valence-corrected chi connectivity index (χ0v) is 15.7. The van der Waals surface area contributed by atoms with E-state index in [0.717, 1.165) is 0 Å². The van der Waals surface area contributed by atoms with Crippen molar-refractivity contribution < 1.29 is 37.4 Å². The molecular weight excluding hydrogens is 388 g/mol. The lowest BCUT2D eigenvalue weighted by Gasteiger charge is -2.16. The molecule has 2 aromatic carbocycles. The summed E-state index contributed by atoms with van der Waals surface area (Å²) >= 11 is 0. The van der Waals surface area contributed by atoms with Gasteiger partial charge in [-0.1, -0.05) is 12.1 Å². The maximum Gasteiger partial charge on any atom is 0.387 e. The molecule has 0 bridgehead atoms. The lowest BCUT2D eigenvalue weighted by atomic mass is 10.1. The van der Waals surface area contributed by atoms with E-state index in [2.05, 4.69) is 10.1 Å². The largest absolute Gasteiger partial charge is 0.482 e. The number of hydrogen-bond donors (Lipinski definition) is 1. The van der Waals surface area contributed by atoms with Gasteiger partial charge in [0.2, 0.25) is 0 Å². The number of benzene rings is 2. The standard InChI is InChI=1S/C20H19F2NO6/c1-12(24)14-7-9-15(10-8-14)27-11-18(25)28-13(2)19(26)23-16-5-3-4-6-17(16)29-20(21)22/h3-10,13,20H,11H2,1-2H3,(H,23,26)/t13-/m0/s1. The van der Waals surface area contributed by atoms with Crippen molar-refractivity contribution in [3.63, 3.8) is 0 Å². The van der Waals surface area contributed by atoms with E-state index in [4.69, 9.17) is 9.47 Å². The summed E-state index contributed by atoms with van der Waals surface area (Å²) in [5.74, 6) is -1.50. The van der Waals surface area contributed by atoms with Gasteiger partial charge in [-0.3, -0.25) is 9.59 Å². The highest BCUT2D eigenvalue weighted by Gasteiger charge is 2.20. The number of ketones is 1. The van der Waals surface area contributed by atoms with Crippen molar-refractivity contribution in [3.05, 3.63) is 54.1 Å². The Balaban J connectivity index is 1.86. The third-order valence-electron chi connectivity index (χ3n) is 3.66. The van der Waals surface area contributed by atoms with Gasteiger partial charge in [0.25, 0.3) is 5.91 Å². The highest BCUT2D eigenvalue weighted by Crippen LogP contribution is 2.25. The van der Waals surface area contributed by atoms with Crippen LogP contribution in [-0.2, 0) is 14.3 Å². The Morgan fingerprint density at radius 1 is 1.03 bits per heavy atom. The molecule has 7 nitrogen and oxygen atoms in total. The molecule has 1 N–H and O–H groups in total. The van der Waals surface area contributed by atoms with Crippen molar-refractivity contribution in [3.8, 4) is 11.5 Å². The molecule has 0 fully saturated rings. The molecule has 0 aliphatic heterocycles. The smallest absolute Gasteiger partial charge is 0.387 e. The number of para-hydroxylation sites is 2. The van der Waals surface area contributed by atoms with Crippen molar-refractivity contribution in [2.75, 3.05) is 11.9 Å². The summed E-state index contributed by atoms with van der Waals surface area (Å²) in [5.41, 5.74) is 0.517. The summed E-state index contributed by atoms with van der Waals surface area (Å²) in [6, 6.07) is 11.8. The maximum absolute atomic E-state index is 12.4. The van der Waals surface area contributed by atoms with Crippen molar-refractivity contribution in [2.45, 2.75) is 26.6 Å². The Morgan fingerprint density at radius 3 is 2.31 bits per heavy atom. The van der Waals surface area contributed by atoms with E-state index in [-0.39, 0.29) is 17.2 Å².